The highest BCUT2D eigenvalue weighted by atomic mass is 79.9. The summed E-state index contributed by atoms with van der Waals surface area (Å²) in [5.74, 6) is -0.311. The van der Waals surface area contributed by atoms with Gasteiger partial charge in [-0.2, -0.15) is 0 Å². The number of alkyl halides is 3. The lowest BCUT2D eigenvalue weighted by atomic mass is 10.1. The van der Waals surface area contributed by atoms with Crippen LogP contribution in [0.15, 0.2) is 35.3 Å². The topological polar surface area (TPSA) is 35.2 Å². The van der Waals surface area contributed by atoms with Gasteiger partial charge in [0.2, 0.25) is 0 Å². The number of hydrogen-bond acceptors (Lipinski definition) is 2. The van der Waals surface area contributed by atoms with Crippen LogP contribution >= 0.6 is 15.9 Å². The molecule has 16 heavy (non-hydrogen) atoms. The third-order valence-corrected chi connectivity index (χ3v) is 2.22. The average Bonchev–Trinajstić information content (AvgIpc) is 2.12. The van der Waals surface area contributed by atoms with Crippen LogP contribution < -0.4 is 10.5 Å². The SMILES string of the molecule is C=C[C@H](N)c1cc(Br)cc(OC(F)(F)F)c1. The molecule has 0 aliphatic heterocycles. The molecule has 2 N–H and O–H groups in total. The zero-order valence-electron chi connectivity index (χ0n) is 8.09. The molecule has 0 saturated heterocycles. The van der Waals surface area contributed by atoms with Crippen molar-refractivity contribution >= 4 is 15.9 Å². The molecule has 0 unspecified atom stereocenters. The molecular weight excluding hydrogens is 287 g/mol. The van der Waals surface area contributed by atoms with Gasteiger partial charge in [0.1, 0.15) is 5.75 Å². The molecule has 1 atom stereocenters. The van der Waals surface area contributed by atoms with E-state index in [9.17, 15) is 13.2 Å². The third-order valence-electron chi connectivity index (χ3n) is 1.77. The summed E-state index contributed by atoms with van der Waals surface area (Å²) < 4.78 is 40.3. The van der Waals surface area contributed by atoms with E-state index in [1.54, 1.807) is 6.07 Å². The van der Waals surface area contributed by atoms with E-state index in [2.05, 4.69) is 27.2 Å². The van der Waals surface area contributed by atoms with Gasteiger partial charge < -0.3 is 10.5 Å². The van der Waals surface area contributed by atoms with Gasteiger partial charge in [0.05, 0.1) is 0 Å². The molecule has 0 heterocycles. The second kappa shape index (κ2) is 4.88. The van der Waals surface area contributed by atoms with Crippen molar-refractivity contribution < 1.29 is 17.9 Å². The van der Waals surface area contributed by atoms with E-state index in [1.807, 2.05) is 0 Å². The van der Waals surface area contributed by atoms with Crippen LogP contribution in [0, 0.1) is 0 Å². The van der Waals surface area contributed by atoms with Crippen molar-refractivity contribution in [3.8, 4) is 5.75 Å². The Morgan fingerprint density at radius 2 is 2.00 bits per heavy atom. The van der Waals surface area contributed by atoms with E-state index in [4.69, 9.17) is 5.73 Å². The molecular formula is C10H9BrF3NO. The molecule has 0 amide bonds. The van der Waals surface area contributed by atoms with Crippen LogP contribution in [0.4, 0.5) is 13.2 Å². The second-order valence-corrected chi connectivity index (χ2v) is 3.95. The Balaban J connectivity index is 3.03. The van der Waals surface area contributed by atoms with Gasteiger partial charge in [0.15, 0.2) is 0 Å². The van der Waals surface area contributed by atoms with Crippen LogP contribution in [-0.2, 0) is 0 Å². The summed E-state index contributed by atoms with van der Waals surface area (Å²) >= 11 is 3.08. The minimum atomic E-state index is -4.71. The quantitative estimate of drug-likeness (QED) is 0.866. The molecule has 0 spiro atoms. The van der Waals surface area contributed by atoms with Gasteiger partial charge in [-0.05, 0) is 23.8 Å². The van der Waals surface area contributed by atoms with Gasteiger partial charge in [-0.15, -0.1) is 19.8 Å². The molecule has 1 aromatic carbocycles. The van der Waals surface area contributed by atoms with Crippen LogP contribution in [0.2, 0.25) is 0 Å². The van der Waals surface area contributed by atoms with E-state index < -0.39 is 12.4 Å². The summed E-state index contributed by atoms with van der Waals surface area (Å²) in [6.45, 7) is 3.47. The van der Waals surface area contributed by atoms with Gasteiger partial charge >= 0.3 is 6.36 Å². The maximum atomic E-state index is 12.0. The summed E-state index contributed by atoms with van der Waals surface area (Å²) in [4.78, 5) is 0. The van der Waals surface area contributed by atoms with Gasteiger partial charge in [-0.3, -0.25) is 0 Å². The van der Waals surface area contributed by atoms with Gasteiger partial charge in [-0.1, -0.05) is 22.0 Å². The standard InChI is InChI=1S/C10H9BrF3NO/c1-2-9(15)6-3-7(11)5-8(4-6)16-10(12,13)14/h2-5,9H,1,15H2/t9-/m0/s1. The summed E-state index contributed by atoms with van der Waals surface area (Å²) in [6.07, 6.45) is -3.28. The number of rotatable bonds is 3. The summed E-state index contributed by atoms with van der Waals surface area (Å²) in [5, 5.41) is 0. The van der Waals surface area contributed by atoms with E-state index in [-0.39, 0.29) is 5.75 Å². The summed E-state index contributed by atoms with van der Waals surface area (Å²) in [5.41, 5.74) is 6.11. The number of ether oxygens (including phenoxy) is 1. The largest absolute Gasteiger partial charge is 0.573 e. The Kier molecular flexibility index (Phi) is 3.98. The predicted molar refractivity (Wildman–Crippen MR) is 58.0 cm³/mol. The fourth-order valence-corrected chi connectivity index (χ4v) is 1.60. The Morgan fingerprint density at radius 3 is 2.50 bits per heavy atom. The molecule has 0 radical (unpaired) electrons. The van der Waals surface area contributed by atoms with E-state index in [1.165, 1.54) is 18.2 Å². The first-order chi connectivity index (χ1) is 7.31. The lowest BCUT2D eigenvalue weighted by molar-refractivity contribution is -0.274. The lowest BCUT2D eigenvalue weighted by Crippen LogP contribution is -2.17. The first-order valence-electron chi connectivity index (χ1n) is 4.26. The fourth-order valence-electron chi connectivity index (χ4n) is 1.11. The van der Waals surface area contributed by atoms with Crippen molar-refractivity contribution in [1.29, 1.82) is 0 Å². The second-order valence-electron chi connectivity index (χ2n) is 3.03. The van der Waals surface area contributed by atoms with Crippen molar-refractivity contribution in [2.45, 2.75) is 12.4 Å². The molecule has 0 fully saturated rings. The molecule has 0 aliphatic rings. The van der Waals surface area contributed by atoms with E-state index in [0.717, 1.165) is 0 Å². The first-order valence-corrected chi connectivity index (χ1v) is 5.05. The minimum absolute atomic E-state index is 0.311. The van der Waals surface area contributed by atoms with Crippen LogP contribution in [0.5, 0.6) is 5.75 Å². The summed E-state index contributed by atoms with van der Waals surface area (Å²) in [7, 11) is 0. The van der Waals surface area contributed by atoms with Crippen molar-refractivity contribution in [2.24, 2.45) is 5.73 Å². The molecule has 0 aliphatic carbocycles. The lowest BCUT2D eigenvalue weighted by Gasteiger charge is -2.12. The minimum Gasteiger partial charge on any atom is -0.406 e. The molecule has 0 saturated carbocycles. The zero-order valence-corrected chi connectivity index (χ0v) is 9.68. The third kappa shape index (κ3) is 3.86. The normalized spacial score (nSPS) is 13.3. The average molecular weight is 296 g/mol. The fraction of sp³-hybridized carbons (Fsp3) is 0.200. The van der Waals surface area contributed by atoms with Crippen molar-refractivity contribution in [3.05, 3.63) is 40.9 Å². The van der Waals surface area contributed by atoms with Gasteiger partial charge in [-0.25, -0.2) is 0 Å². The van der Waals surface area contributed by atoms with Crippen LogP contribution in [0.3, 0.4) is 0 Å². The van der Waals surface area contributed by atoms with Crippen LogP contribution in [-0.4, -0.2) is 6.36 Å². The smallest absolute Gasteiger partial charge is 0.406 e. The highest BCUT2D eigenvalue weighted by Crippen LogP contribution is 2.29. The Labute approximate surface area is 99.0 Å². The Bertz CT molecular complexity index is 392. The van der Waals surface area contributed by atoms with E-state index in [0.29, 0.717) is 10.0 Å². The highest BCUT2D eigenvalue weighted by Gasteiger charge is 2.31. The number of benzene rings is 1. The number of halogens is 4. The van der Waals surface area contributed by atoms with Gasteiger partial charge in [0.25, 0.3) is 0 Å². The van der Waals surface area contributed by atoms with E-state index >= 15 is 0 Å². The molecule has 0 bridgehead atoms. The molecule has 0 aromatic heterocycles. The molecule has 1 rings (SSSR count). The predicted octanol–water partition coefficient (Wildman–Crippen LogP) is 3.53. The number of hydrogen-bond donors (Lipinski definition) is 1. The number of nitrogens with two attached hydrogens (primary N) is 1. The highest BCUT2D eigenvalue weighted by molar-refractivity contribution is 9.10. The van der Waals surface area contributed by atoms with Gasteiger partial charge in [0, 0.05) is 10.5 Å². The van der Waals surface area contributed by atoms with Crippen LogP contribution in [0.1, 0.15) is 11.6 Å². The molecule has 6 heteroatoms. The van der Waals surface area contributed by atoms with Crippen molar-refractivity contribution in [1.82, 2.24) is 0 Å². The van der Waals surface area contributed by atoms with Crippen molar-refractivity contribution in [2.75, 3.05) is 0 Å². The molecule has 88 valence electrons. The Morgan fingerprint density at radius 1 is 1.38 bits per heavy atom. The van der Waals surface area contributed by atoms with Crippen molar-refractivity contribution in [3.63, 3.8) is 0 Å². The maximum absolute atomic E-state index is 12.0. The first kappa shape index (κ1) is 13.1. The zero-order chi connectivity index (χ0) is 12.3. The molecule has 1 aromatic rings. The van der Waals surface area contributed by atoms with Crippen LogP contribution in [0.25, 0.3) is 0 Å². The summed E-state index contributed by atoms with van der Waals surface area (Å²) in [6, 6.07) is 3.51. The monoisotopic (exact) mass is 295 g/mol. The Hall–Kier alpha value is -1.01. The maximum Gasteiger partial charge on any atom is 0.573 e. The molecule has 2 nitrogen and oxygen atoms in total.